The fourth-order valence-corrected chi connectivity index (χ4v) is 2.82. The standard InChI is InChI=1S/C12H8Cl2O3S/c13-6-1-2-8(15)10(4-6)18-11-5-7(14)3-9(16)12(11)17/h1-5,15-17H. The van der Waals surface area contributed by atoms with Gasteiger partial charge in [0, 0.05) is 16.1 Å². The van der Waals surface area contributed by atoms with Crippen LogP contribution in [-0.4, -0.2) is 15.3 Å². The quantitative estimate of drug-likeness (QED) is 0.725. The lowest BCUT2D eigenvalue weighted by atomic mass is 10.3. The van der Waals surface area contributed by atoms with Crippen molar-refractivity contribution in [3.05, 3.63) is 40.4 Å². The minimum Gasteiger partial charge on any atom is -0.507 e. The molecule has 0 radical (unpaired) electrons. The number of aromatic hydroxyl groups is 3. The molecule has 18 heavy (non-hydrogen) atoms. The van der Waals surface area contributed by atoms with Crippen LogP contribution in [0, 0.1) is 0 Å². The summed E-state index contributed by atoms with van der Waals surface area (Å²) in [7, 11) is 0. The van der Waals surface area contributed by atoms with Crippen LogP contribution in [0.1, 0.15) is 0 Å². The van der Waals surface area contributed by atoms with Gasteiger partial charge in [0.05, 0.1) is 9.79 Å². The molecule has 6 heteroatoms. The summed E-state index contributed by atoms with van der Waals surface area (Å²) in [6.07, 6.45) is 0. The molecule has 0 aliphatic carbocycles. The first-order valence-electron chi connectivity index (χ1n) is 4.85. The predicted octanol–water partition coefficient (Wildman–Crippen LogP) is 4.26. The van der Waals surface area contributed by atoms with Crippen molar-refractivity contribution in [1.29, 1.82) is 0 Å². The van der Waals surface area contributed by atoms with Crippen molar-refractivity contribution in [3.63, 3.8) is 0 Å². The smallest absolute Gasteiger partial charge is 0.171 e. The number of phenols is 3. The van der Waals surface area contributed by atoms with Crippen molar-refractivity contribution in [3.8, 4) is 17.2 Å². The molecule has 0 bridgehead atoms. The van der Waals surface area contributed by atoms with E-state index in [1.807, 2.05) is 0 Å². The van der Waals surface area contributed by atoms with Crippen molar-refractivity contribution < 1.29 is 15.3 Å². The fourth-order valence-electron chi connectivity index (χ4n) is 1.33. The molecular weight excluding hydrogens is 295 g/mol. The maximum Gasteiger partial charge on any atom is 0.171 e. The molecule has 3 nitrogen and oxygen atoms in total. The lowest BCUT2D eigenvalue weighted by molar-refractivity contribution is 0.395. The van der Waals surface area contributed by atoms with Crippen LogP contribution >= 0.6 is 35.0 Å². The highest BCUT2D eigenvalue weighted by Crippen LogP contribution is 2.44. The zero-order valence-corrected chi connectivity index (χ0v) is 11.2. The first kappa shape index (κ1) is 13.2. The van der Waals surface area contributed by atoms with Crippen LogP contribution in [0.2, 0.25) is 10.0 Å². The summed E-state index contributed by atoms with van der Waals surface area (Å²) in [6, 6.07) is 7.28. The Balaban J connectivity index is 2.43. The van der Waals surface area contributed by atoms with E-state index in [1.54, 1.807) is 12.1 Å². The zero-order chi connectivity index (χ0) is 13.3. The van der Waals surface area contributed by atoms with Gasteiger partial charge in [0.2, 0.25) is 0 Å². The third-order valence-electron chi connectivity index (χ3n) is 2.16. The molecule has 0 saturated carbocycles. The van der Waals surface area contributed by atoms with E-state index in [4.69, 9.17) is 23.2 Å². The number of rotatable bonds is 2. The fraction of sp³-hybridized carbons (Fsp3) is 0. The summed E-state index contributed by atoms with van der Waals surface area (Å²) in [5, 5.41) is 29.6. The Morgan fingerprint density at radius 2 is 1.44 bits per heavy atom. The van der Waals surface area contributed by atoms with Gasteiger partial charge < -0.3 is 15.3 Å². The molecule has 2 rings (SSSR count). The molecular formula is C12H8Cl2O3S. The monoisotopic (exact) mass is 302 g/mol. The van der Waals surface area contributed by atoms with Crippen molar-refractivity contribution in [1.82, 2.24) is 0 Å². The highest BCUT2D eigenvalue weighted by Gasteiger charge is 2.12. The third-order valence-corrected chi connectivity index (χ3v) is 3.69. The third kappa shape index (κ3) is 2.77. The van der Waals surface area contributed by atoms with Gasteiger partial charge in [0.1, 0.15) is 5.75 Å². The van der Waals surface area contributed by atoms with Crippen molar-refractivity contribution in [2.75, 3.05) is 0 Å². The van der Waals surface area contributed by atoms with E-state index in [9.17, 15) is 15.3 Å². The van der Waals surface area contributed by atoms with Crippen LogP contribution < -0.4 is 0 Å². The molecule has 0 aliphatic heterocycles. The van der Waals surface area contributed by atoms with E-state index in [-0.39, 0.29) is 22.3 Å². The summed E-state index contributed by atoms with van der Waals surface area (Å²) in [4.78, 5) is 0.789. The second kappa shape index (κ2) is 5.18. The molecule has 0 spiro atoms. The van der Waals surface area contributed by atoms with Gasteiger partial charge in [-0.25, -0.2) is 0 Å². The number of halogens is 2. The molecule has 0 heterocycles. The van der Waals surface area contributed by atoms with Crippen LogP contribution in [0.15, 0.2) is 40.1 Å². The summed E-state index contributed by atoms with van der Waals surface area (Å²) < 4.78 is 0. The number of hydrogen-bond acceptors (Lipinski definition) is 4. The molecule has 0 fully saturated rings. The number of phenolic OH excluding ortho intramolecular Hbond substituents is 3. The molecule has 94 valence electrons. The normalized spacial score (nSPS) is 10.6. The second-order valence-corrected chi connectivity index (χ2v) is 5.44. The Hall–Kier alpha value is -1.23. The lowest BCUT2D eigenvalue weighted by Gasteiger charge is -2.08. The predicted molar refractivity (Wildman–Crippen MR) is 72.0 cm³/mol. The second-order valence-electron chi connectivity index (χ2n) is 3.49. The highest BCUT2D eigenvalue weighted by molar-refractivity contribution is 7.99. The van der Waals surface area contributed by atoms with E-state index in [2.05, 4.69) is 0 Å². The van der Waals surface area contributed by atoms with Gasteiger partial charge >= 0.3 is 0 Å². The van der Waals surface area contributed by atoms with Crippen molar-refractivity contribution >= 4 is 35.0 Å². The van der Waals surface area contributed by atoms with Gasteiger partial charge in [-0.2, -0.15) is 0 Å². The van der Waals surface area contributed by atoms with E-state index < -0.39 is 0 Å². The zero-order valence-electron chi connectivity index (χ0n) is 8.89. The van der Waals surface area contributed by atoms with E-state index >= 15 is 0 Å². The summed E-state index contributed by atoms with van der Waals surface area (Å²) in [6.45, 7) is 0. The maximum atomic E-state index is 9.70. The van der Waals surface area contributed by atoms with Crippen LogP contribution in [0.25, 0.3) is 0 Å². The summed E-state index contributed by atoms with van der Waals surface area (Å²) in [5.41, 5.74) is 0. The molecule has 0 aliphatic rings. The average Bonchev–Trinajstić information content (AvgIpc) is 2.30. The largest absolute Gasteiger partial charge is 0.507 e. The first-order chi connectivity index (χ1) is 8.47. The molecule has 0 atom stereocenters. The summed E-state index contributed by atoms with van der Waals surface area (Å²) >= 11 is 12.7. The van der Waals surface area contributed by atoms with Gasteiger partial charge in [-0.15, -0.1) is 0 Å². The SMILES string of the molecule is Oc1ccc(Cl)cc1Sc1cc(Cl)cc(O)c1O. The van der Waals surface area contributed by atoms with Crippen molar-refractivity contribution in [2.24, 2.45) is 0 Å². The number of benzene rings is 2. The van der Waals surface area contributed by atoms with Gasteiger partial charge in [-0.1, -0.05) is 35.0 Å². The van der Waals surface area contributed by atoms with Crippen molar-refractivity contribution in [2.45, 2.75) is 9.79 Å². The molecule has 0 unspecified atom stereocenters. The average molecular weight is 303 g/mol. The van der Waals surface area contributed by atoms with Crippen LogP contribution in [0.4, 0.5) is 0 Å². The molecule has 3 N–H and O–H groups in total. The van der Waals surface area contributed by atoms with E-state index in [0.717, 1.165) is 11.8 Å². The van der Waals surface area contributed by atoms with Gasteiger partial charge in [0.25, 0.3) is 0 Å². The van der Waals surface area contributed by atoms with Crippen LogP contribution in [-0.2, 0) is 0 Å². The maximum absolute atomic E-state index is 9.70. The molecule has 2 aromatic carbocycles. The highest BCUT2D eigenvalue weighted by atomic mass is 35.5. The first-order valence-corrected chi connectivity index (χ1v) is 6.42. The minimum atomic E-state index is -0.313. The molecule has 0 saturated heterocycles. The Morgan fingerprint density at radius 3 is 2.17 bits per heavy atom. The Morgan fingerprint density at radius 1 is 0.778 bits per heavy atom. The molecule has 0 amide bonds. The van der Waals surface area contributed by atoms with E-state index in [1.165, 1.54) is 18.2 Å². The van der Waals surface area contributed by atoms with Gasteiger partial charge in [-0.3, -0.25) is 0 Å². The Kier molecular flexibility index (Phi) is 3.80. The van der Waals surface area contributed by atoms with Crippen LogP contribution in [0.5, 0.6) is 17.2 Å². The molecule has 0 aromatic heterocycles. The van der Waals surface area contributed by atoms with Crippen LogP contribution in [0.3, 0.4) is 0 Å². The topological polar surface area (TPSA) is 60.7 Å². The van der Waals surface area contributed by atoms with E-state index in [0.29, 0.717) is 14.8 Å². The van der Waals surface area contributed by atoms with Gasteiger partial charge in [0.15, 0.2) is 11.5 Å². The molecule has 2 aromatic rings. The Labute approximate surface area is 118 Å². The summed E-state index contributed by atoms with van der Waals surface area (Å²) in [5.74, 6) is -0.571. The Bertz CT molecular complexity index is 602. The minimum absolute atomic E-state index is 0.0308. The lowest BCUT2D eigenvalue weighted by Crippen LogP contribution is -1.79. The van der Waals surface area contributed by atoms with Gasteiger partial charge in [-0.05, 0) is 24.3 Å². The number of hydrogen-bond donors (Lipinski definition) is 3.